The number of fused-ring (bicyclic) bond motifs is 3. The lowest BCUT2D eigenvalue weighted by Gasteiger charge is -1.94. The summed E-state index contributed by atoms with van der Waals surface area (Å²) in [6, 6.07) is 9.24. The lowest BCUT2D eigenvalue weighted by Crippen LogP contribution is -1.88. The van der Waals surface area contributed by atoms with Crippen molar-refractivity contribution in [3.8, 4) is 0 Å². The van der Waals surface area contributed by atoms with Gasteiger partial charge in [0.05, 0.1) is 4.92 Å². The van der Waals surface area contributed by atoms with E-state index < -0.39 is 4.92 Å². The predicted octanol–water partition coefficient (Wildman–Crippen LogP) is 4.41. The maximum Gasteiger partial charge on any atom is 0.313 e. The van der Waals surface area contributed by atoms with Crippen molar-refractivity contribution in [2.45, 2.75) is 6.92 Å². The number of rotatable bonds is 1. The molecule has 0 aliphatic heterocycles. The van der Waals surface area contributed by atoms with Gasteiger partial charge in [-0.05, 0) is 47.2 Å². The Morgan fingerprint density at radius 1 is 1.22 bits per heavy atom. The maximum absolute atomic E-state index is 11.1. The van der Waals surface area contributed by atoms with Crippen LogP contribution in [-0.4, -0.2) is 4.92 Å². The molecular formula is C13H8INO3. The SMILES string of the molecule is Cc1ccc2c(c1)oc1c([N+](=O)[O-])cc(I)cc12. The maximum atomic E-state index is 11.1. The average Bonchev–Trinajstić information content (AvgIpc) is 2.65. The van der Waals surface area contributed by atoms with Gasteiger partial charge in [-0.15, -0.1) is 0 Å². The second-order valence-corrected chi connectivity index (χ2v) is 5.41. The summed E-state index contributed by atoms with van der Waals surface area (Å²) >= 11 is 2.08. The topological polar surface area (TPSA) is 56.3 Å². The molecule has 0 atom stereocenters. The van der Waals surface area contributed by atoms with Crippen LogP contribution in [0.4, 0.5) is 5.69 Å². The van der Waals surface area contributed by atoms with Crippen LogP contribution in [0.3, 0.4) is 0 Å². The zero-order chi connectivity index (χ0) is 12.9. The van der Waals surface area contributed by atoms with E-state index in [4.69, 9.17) is 4.42 Å². The molecule has 90 valence electrons. The lowest BCUT2D eigenvalue weighted by molar-refractivity contribution is -0.383. The molecule has 5 heteroatoms. The quantitative estimate of drug-likeness (QED) is 0.370. The zero-order valence-electron chi connectivity index (χ0n) is 9.44. The second kappa shape index (κ2) is 3.94. The molecule has 2 aromatic carbocycles. The van der Waals surface area contributed by atoms with Gasteiger partial charge in [0.25, 0.3) is 0 Å². The van der Waals surface area contributed by atoms with Crippen molar-refractivity contribution in [1.82, 2.24) is 0 Å². The monoisotopic (exact) mass is 353 g/mol. The summed E-state index contributed by atoms with van der Waals surface area (Å²) in [4.78, 5) is 10.7. The molecule has 0 spiro atoms. The van der Waals surface area contributed by atoms with Gasteiger partial charge in [0, 0.05) is 20.4 Å². The first-order valence-corrected chi connectivity index (χ1v) is 6.41. The van der Waals surface area contributed by atoms with Crippen molar-refractivity contribution >= 4 is 50.2 Å². The normalized spacial score (nSPS) is 11.2. The van der Waals surface area contributed by atoms with E-state index >= 15 is 0 Å². The molecule has 0 amide bonds. The molecule has 0 unspecified atom stereocenters. The molecule has 0 N–H and O–H groups in total. The third-order valence-electron chi connectivity index (χ3n) is 2.87. The zero-order valence-corrected chi connectivity index (χ0v) is 11.6. The molecule has 0 aliphatic rings. The van der Waals surface area contributed by atoms with Gasteiger partial charge in [-0.3, -0.25) is 10.1 Å². The third-order valence-corrected chi connectivity index (χ3v) is 3.49. The minimum absolute atomic E-state index is 0.0192. The number of hydrogen-bond donors (Lipinski definition) is 0. The summed E-state index contributed by atoms with van der Waals surface area (Å²) in [7, 11) is 0. The molecule has 4 nitrogen and oxygen atoms in total. The van der Waals surface area contributed by atoms with Crippen molar-refractivity contribution < 1.29 is 9.34 Å². The Balaban J connectivity index is 2.52. The average molecular weight is 353 g/mol. The van der Waals surface area contributed by atoms with Crippen molar-refractivity contribution in [2.24, 2.45) is 0 Å². The highest BCUT2D eigenvalue weighted by Crippen LogP contribution is 2.36. The lowest BCUT2D eigenvalue weighted by atomic mass is 10.1. The van der Waals surface area contributed by atoms with E-state index in [0.717, 1.165) is 19.9 Å². The Hall–Kier alpha value is -1.63. The van der Waals surface area contributed by atoms with Crippen LogP contribution >= 0.6 is 22.6 Å². The van der Waals surface area contributed by atoms with Crippen LogP contribution in [0.2, 0.25) is 0 Å². The molecule has 0 saturated carbocycles. The van der Waals surface area contributed by atoms with Gasteiger partial charge in [0.1, 0.15) is 5.58 Å². The Labute approximate surface area is 116 Å². The minimum Gasteiger partial charge on any atom is -0.449 e. The fraction of sp³-hybridized carbons (Fsp3) is 0.0769. The van der Waals surface area contributed by atoms with Crippen LogP contribution in [0, 0.1) is 20.6 Å². The van der Waals surface area contributed by atoms with Crippen LogP contribution in [0.5, 0.6) is 0 Å². The van der Waals surface area contributed by atoms with Gasteiger partial charge in [-0.2, -0.15) is 0 Å². The molecule has 3 rings (SSSR count). The molecule has 0 radical (unpaired) electrons. The van der Waals surface area contributed by atoms with Crippen molar-refractivity contribution in [2.75, 3.05) is 0 Å². The molecule has 0 aliphatic carbocycles. The van der Waals surface area contributed by atoms with E-state index in [1.54, 1.807) is 0 Å². The molecule has 0 fully saturated rings. The van der Waals surface area contributed by atoms with Gasteiger partial charge < -0.3 is 4.42 Å². The van der Waals surface area contributed by atoms with Crippen molar-refractivity contribution in [3.63, 3.8) is 0 Å². The summed E-state index contributed by atoms with van der Waals surface area (Å²) in [6.45, 7) is 1.96. The van der Waals surface area contributed by atoms with Gasteiger partial charge in [0.15, 0.2) is 0 Å². The molecule has 0 saturated heterocycles. The molecular weight excluding hydrogens is 345 g/mol. The Morgan fingerprint density at radius 2 is 2.00 bits per heavy atom. The number of non-ortho nitro benzene ring substituents is 1. The number of nitro benzene ring substituents is 1. The van der Waals surface area contributed by atoms with E-state index in [1.165, 1.54) is 6.07 Å². The summed E-state index contributed by atoms with van der Waals surface area (Å²) in [5.74, 6) is 0. The van der Waals surface area contributed by atoms with Crippen LogP contribution in [0.25, 0.3) is 21.9 Å². The first-order valence-electron chi connectivity index (χ1n) is 5.33. The predicted molar refractivity (Wildman–Crippen MR) is 77.8 cm³/mol. The van der Waals surface area contributed by atoms with E-state index in [0.29, 0.717) is 11.2 Å². The number of halogens is 1. The van der Waals surface area contributed by atoms with Crippen molar-refractivity contribution in [1.29, 1.82) is 0 Å². The van der Waals surface area contributed by atoms with E-state index in [2.05, 4.69) is 22.6 Å². The first-order chi connectivity index (χ1) is 8.56. The van der Waals surface area contributed by atoms with Crippen LogP contribution < -0.4 is 0 Å². The summed E-state index contributed by atoms with van der Waals surface area (Å²) < 4.78 is 6.46. The van der Waals surface area contributed by atoms with E-state index in [-0.39, 0.29) is 5.69 Å². The minimum atomic E-state index is -0.403. The Morgan fingerprint density at radius 3 is 2.72 bits per heavy atom. The molecule has 0 bridgehead atoms. The number of nitrogens with zero attached hydrogens (tertiary/aromatic N) is 1. The van der Waals surface area contributed by atoms with Crippen LogP contribution in [-0.2, 0) is 0 Å². The standard InChI is InChI=1S/C13H8INO3/c1-7-2-3-9-10-5-8(14)6-11(15(16)17)13(10)18-12(9)4-7/h2-6H,1H3. The highest BCUT2D eigenvalue weighted by molar-refractivity contribution is 14.1. The van der Waals surface area contributed by atoms with Gasteiger partial charge in [-0.25, -0.2) is 0 Å². The highest BCUT2D eigenvalue weighted by atomic mass is 127. The molecule has 3 aromatic rings. The smallest absolute Gasteiger partial charge is 0.313 e. The second-order valence-electron chi connectivity index (χ2n) is 4.16. The van der Waals surface area contributed by atoms with Crippen LogP contribution in [0.1, 0.15) is 5.56 Å². The fourth-order valence-corrected chi connectivity index (χ4v) is 2.68. The number of furan rings is 1. The molecule has 18 heavy (non-hydrogen) atoms. The number of hydrogen-bond acceptors (Lipinski definition) is 3. The van der Waals surface area contributed by atoms with Gasteiger partial charge in [-0.1, -0.05) is 12.1 Å². The fourth-order valence-electron chi connectivity index (χ4n) is 2.07. The molecule has 1 aromatic heterocycles. The van der Waals surface area contributed by atoms with Gasteiger partial charge in [0.2, 0.25) is 5.58 Å². The van der Waals surface area contributed by atoms with Gasteiger partial charge >= 0.3 is 5.69 Å². The van der Waals surface area contributed by atoms with E-state index in [9.17, 15) is 10.1 Å². The largest absolute Gasteiger partial charge is 0.449 e. The Bertz CT molecular complexity index is 792. The number of benzene rings is 2. The molecule has 1 heterocycles. The summed E-state index contributed by atoms with van der Waals surface area (Å²) in [6.07, 6.45) is 0. The highest BCUT2D eigenvalue weighted by Gasteiger charge is 2.19. The summed E-state index contributed by atoms with van der Waals surface area (Å²) in [5, 5.41) is 12.8. The first kappa shape index (κ1) is 11.5. The summed E-state index contributed by atoms with van der Waals surface area (Å²) in [5.41, 5.74) is 2.13. The van der Waals surface area contributed by atoms with Crippen LogP contribution in [0.15, 0.2) is 34.7 Å². The number of nitro groups is 1. The number of aryl methyl sites for hydroxylation is 1. The van der Waals surface area contributed by atoms with E-state index in [1.807, 2.05) is 31.2 Å². The van der Waals surface area contributed by atoms with Crippen molar-refractivity contribution in [3.05, 3.63) is 49.6 Å². The Kier molecular flexibility index (Phi) is 2.51. The third kappa shape index (κ3) is 1.66.